The average molecular weight is 625 g/mol. The molecule has 0 saturated carbocycles. The molecule has 0 fully saturated rings. The van der Waals surface area contributed by atoms with Gasteiger partial charge in [0.05, 0.1) is 16.4 Å². The number of hydrogen-bond acceptors (Lipinski definition) is 1. The monoisotopic (exact) mass is 624 g/mol. The zero-order valence-electron chi connectivity index (χ0n) is 26.4. The van der Waals surface area contributed by atoms with Crippen LogP contribution in [0.5, 0.6) is 0 Å². The summed E-state index contributed by atoms with van der Waals surface area (Å²) in [5.41, 5.74) is 9.74. The van der Waals surface area contributed by atoms with Crippen LogP contribution in [-0.2, 0) is 0 Å². The number of fused-ring (bicyclic) bond motifs is 13. The molecule has 0 atom stereocenters. The summed E-state index contributed by atoms with van der Waals surface area (Å²) in [5.74, 6) is 0. The molecule has 0 amide bonds. The highest BCUT2D eigenvalue weighted by molar-refractivity contribution is 6.26. The van der Waals surface area contributed by atoms with E-state index >= 15 is 0 Å². The molecule has 0 aliphatic heterocycles. The maximum atomic E-state index is 6.55. The van der Waals surface area contributed by atoms with E-state index in [-0.39, 0.29) is 0 Å². The van der Waals surface area contributed by atoms with Crippen LogP contribution in [0.3, 0.4) is 0 Å². The summed E-state index contributed by atoms with van der Waals surface area (Å²) in [4.78, 5) is 3.77. The molecule has 0 saturated heterocycles. The van der Waals surface area contributed by atoms with Crippen molar-refractivity contribution in [3.8, 4) is 28.2 Å². The van der Waals surface area contributed by atoms with Crippen molar-refractivity contribution < 1.29 is 4.42 Å². The van der Waals surface area contributed by atoms with E-state index in [0.29, 0.717) is 0 Å². The van der Waals surface area contributed by atoms with E-state index in [9.17, 15) is 0 Å². The first-order valence-corrected chi connectivity index (χ1v) is 16.8. The Bertz CT molecular complexity index is 3070. The molecule has 0 aliphatic carbocycles. The zero-order chi connectivity index (χ0) is 32.1. The second-order valence-corrected chi connectivity index (χ2v) is 13.0. The number of para-hydroxylation sites is 2. The molecule has 0 bridgehead atoms. The minimum absolute atomic E-state index is 0.913. The Hall–Kier alpha value is -6.58. The molecule has 3 aromatic heterocycles. The fourth-order valence-electron chi connectivity index (χ4n) is 8.11. The van der Waals surface area contributed by atoms with E-state index in [2.05, 4.69) is 167 Å². The number of aromatic nitrogens is 2. The molecule has 1 N–H and O–H groups in total. The first kappa shape index (κ1) is 26.5. The Labute approximate surface area is 281 Å². The largest absolute Gasteiger partial charge is 0.455 e. The van der Waals surface area contributed by atoms with Crippen LogP contribution < -0.4 is 0 Å². The summed E-state index contributed by atoms with van der Waals surface area (Å²) in [6.45, 7) is 0. The second-order valence-electron chi connectivity index (χ2n) is 13.0. The average Bonchev–Trinajstić information content (AvgIpc) is 3.89. The van der Waals surface area contributed by atoms with Gasteiger partial charge in [0.2, 0.25) is 0 Å². The summed E-state index contributed by atoms with van der Waals surface area (Å²) in [6, 6.07) is 58.9. The summed E-state index contributed by atoms with van der Waals surface area (Å²) in [5, 5.41) is 12.3. The Balaban J connectivity index is 1.10. The van der Waals surface area contributed by atoms with E-state index in [4.69, 9.17) is 4.42 Å². The number of benzene rings is 8. The van der Waals surface area contributed by atoms with Gasteiger partial charge in [0, 0.05) is 38.8 Å². The Morgan fingerprint density at radius 1 is 0.388 bits per heavy atom. The van der Waals surface area contributed by atoms with E-state index in [0.717, 1.165) is 61.0 Å². The van der Waals surface area contributed by atoms with Crippen LogP contribution in [0, 0.1) is 0 Å². The predicted molar refractivity (Wildman–Crippen MR) is 206 cm³/mol. The fraction of sp³-hybridized carbons (Fsp3) is 0. The van der Waals surface area contributed by atoms with Crippen molar-refractivity contribution in [2.75, 3.05) is 0 Å². The van der Waals surface area contributed by atoms with Crippen molar-refractivity contribution in [3.63, 3.8) is 0 Å². The van der Waals surface area contributed by atoms with Crippen LogP contribution in [-0.4, -0.2) is 9.55 Å². The third-order valence-electron chi connectivity index (χ3n) is 10.3. The van der Waals surface area contributed by atoms with E-state index in [1.165, 1.54) is 43.3 Å². The molecule has 0 unspecified atom stereocenters. The van der Waals surface area contributed by atoms with Gasteiger partial charge in [-0.1, -0.05) is 109 Å². The van der Waals surface area contributed by atoms with Gasteiger partial charge in [-0.3, -0.25) is 0 Å². The molecule has 11 aromatic rings. The van der Waals surface area contributed by atoms with Crippen LogP contribution >= 0.6 is 0 Å². The van der Waals surface area contributed by atoms with Crippen molar-refractivity contribution in [3.05, 3.63) is 164 Å². The molecule has 3 heterocycles. The Kier molecular flexibility index (Phi) is 5.38. The lowest BCUT2D eigenvalue weighted by Gasteiger charge is -2.11. The van der Waals surface area contributed by atoms with Crippen LogP contribution in [0.2, 0.25) is 0 Å². The first-order chi connectivity index (χ1) is 24.3. The van der Waals surface area contributed by atoms with Crippen LogP contribution in [0.15, 0.2) is 168 Å². The third-order valence-corrected chi connectivity index (χ3v) is 10.3. The zero-order valence-corrected chi connectivity index (χ0v) is 26.4. The van der Waals surface area contributed by atoms with Crippen molar-refractivity contribution in [2.45, 2.75) is 0 Å². The summed E-state index contributed by atoms with van der Waals surface area (Å²) >= 11 is 0. The molecule has 8 aromatic carbocycles. The number of rotatable bonds is 3. The van der Waals surface area contributed by atoms with Crippen LogP contribution in [0.4, 0.5) is 0 Å². The van der Waals surface area contributed by atoms with Gasteiger partial charge in [-0.25, -0.2) is 0 Å². The smallest absolute Gasteiger partial charge is 0.145 e. The Morgan fingerprint density at radius 2 is 0.939 bits per heavy atom. The lowest BCUT2D eigenvalue weighted by molar-refractivity contribution is 0.673. The number of hydrogen-bond donors (Lipinski definition) is 1. The van der Waals surface area contributed by atoms with E-state index in [1.807, 2.05) is 6.07 Å². The molecular weight excluding hydrogens is 597 g/mol. The maximum absolute atomic E-state index is 6.55. The maximum Gasteiger partial charge on any atom is 0.145 e. The summed E-state index contributed by atoms with van der Waals surface area (Å²) in [7, 11) is 0. The topological polar surface area (TPSA) is 33.9 Å². The number of nitrogens with zero attached hydrogens (tertiary/aromatic N) is 1. The van der Waals surface area contributed by atoms with Gasteiger partial charge in [0.25, 0.3) is 0 Å². The number of H-pyrrole nitrogens is 1. The molecule has 0 aliphatic rings. The van der Waals surface area contributed by atoms with Crippen molar-refractivity contribution >= 4 is 76.1 Å². The van der Waals surface area contributed by atoms with Gasteiger partial charge in [0.15, 0.2) is 0 Å². The van der Waals surface area contributed by atoms with Crippen molar-refractivity contribution in [2.24, 2.45) is 0 Å². The molecule has 228 valence electrons. The lowest BCUT2D eigenvalue weighted by atomic mass is 9.93. The quantitative estimate of drug-likeness (QED) is 0.195. The second kappa shape index (κ2) is 9.96. The fourth-order valence-corrected chi connectivity index (χ4v) is 8.11. The number of furan rings is 1. The lowest BCUT2D eigenvalue weighted by Crippen LogP contribution is -1.93. The number of aromatic amines is 1. The molecule has 3 nitrogen and oxygen atoms in total. The van der Waals surface area contributed by atoms with E-state index < -0.39 is 0 Å². The molecule has 11 rings (SSSR count). The summed E-state index contributed by atoms with van der Waals surface area (Å²) < 4.78 is 8.92. The molecule has 3 heteroatoms. The Morgan fingerprint density at radius 3 is 1.65 bits per heavy atom. The minimum atomic E-state index is 0.913. The van der Waals surface area contributed by atoms with Gasteiger partial charge in [-0.15, -0.1) is 0 Å². The van der Waals surface area contributed by atoms with Crippen LogP contribution in [0.25, 0.3) is 104 Å². The minimum Gasteiger partial charge on any atom is -0.455 e. The van der Waals surface area contributed by atoms with Gasteiger partial charge in [0.1, 0.15) is 11.2 Å². The standard InChI is InChI=1S/C46H28N2O/c1-2-10-30(11-3-1)48-42-25-22-37-36-16-8-9-17-44(36)49-46(37)45(42)38-21-19-29(27-43(38)48)41-24-23-40(47-41)28-18-20-35-33-14-5-4-12-31(33)32-13-6-7-15-34(32)39(35)26-28/h1-27,47H. The van der Waals surface area contributed by atoms with Gasteiger partial charge in [-0.2, -0.15) is 0 Å². The highest BCUT2D eigenvalue weighted by Crippen LogP contribution is 2.42. The molecule has 0 spiro atoms. The van der Waals surface area contributed by atoms with Gasteiger partial charge >= 0.3 is 0 Å². The predicted octanol–water partition coefficient (Wildman–Crippen LogP) is 12.8. The first-order valence-electron chi connectivity index (χ1n) is 16.8. The van der Waals surface area contributed by atoms with Gasteiger partial charge < -0.3 is 14.0 Å². The van der Waals surface area contributed by atoms with Crippen molar-refractivity contribution in [1.82, 2.24) is 9.55 Å². The molecule has 0 radical (unpaired) electrons. The summed E-state index contributed by atoms with van der Waals surface area (Å²) in [6.07, 6.45) is 0. The van der Waals surface area contributed by atoms with Crippen molar-refractivity contribution in [1.29, 1.82) is 0 Å². The highest BCUT2D eigenvalue weighted by Gasteiger charge is 2.19. The third kappa shape index (κ3) is 3.78. The van der Waals surface area contributed by atoms with Gasteiger partial charge in [-0.05, 0) is 92.5 Å². The SMILES string of the molecule is c1ccc(-n2c3cc(-c4ccc(-c5ccc6c7ccccc7c7ccccc7c6c5)[nH]4)ccc3c3c4oc5ccccc5c4ccc32)cc1. The molecular formula is C46H28N2O. The van der Waals surface area contributed by atoms with Crippen LogP contribution in [0.1, 0.15) is 0 Å². The normalized spacial score (nSPS) is 12.1. The number of nitrogens with one attached hydrogen (secondary N) is 1. The van der Waals surface area contributed by atoms with E-state index in [1.54, 1.807) is 0 Å². The highest BCUT2D eigenvalue weighted by atomic mass is 16.3. The molecule has 49 heavy (non-hydrogen) atoms.